The molecule has 0 bridgehead atoms. The molecule has 0 saturated carbocycles. The van der Waals surface area contributed by atoms with E-state index in [1.807, 2.05) is 6.92 Å². The number of anilines is 1. The maximum Gasteiger partial charge on any atom is 0.265 e. The van der Waals surface area contributed by atoms with Crippen molar-refractivity contribution in [1.29, 1.82) is 0 Å². The molecule has 0 unspecified atom stereocenters. The molecule has 2 heterocycles. The van der Waals surface area contributed by atoms with Crippen LogP contribution in [0.3, 0.4) is 0 Å². The number of ether oxygens (including phenoxy) is 1. The molecule has 2 aromatic heterocycles. The van der Waals surface area contributed by atoms with Gasteiger partial charge in [-0.05, 0) is 36.8 Å². The van der Waals surface area contributed by atoms with Gasteiger partial charge in [-0.15, -0.1) is 0 Å². The van der Waals surface area contributed by atoms with Crippen molar-refractivity contribution >= 4 is 21.4 Å². The highest BCUT2D eigenvalue weighted by atomic mass is 32.2. The van der Waals surface area contributed by atoms with Crippen molar-refractivity contribution < 1.29 is 13.2 Å². The normalized spacial score (nSPS) is 11.5. The van der Waals surface area contributed by atoms with Crippen LogP contribution in [0.4, 0.5) is 5.69 Å². The molecule has 1 aromatic carbocycles. The molecule has 6 nitrogen and oxygen atoms in total. The number of aryl methyl sites for hydroxylation is 1. The average Bonchev–Trinajstić information content (AvgIpc) is 2.94. The predicted molar refractivity (Wildman–Crippen MR) is 83.7 cm³/mol. The van der Waals surface area contributed by atoms with Gasteiger partial charge in [0.25, 0.3) is 10.0 Å². The smallest absolute Gasteiger partial charge is 0.265 e. The maximum absolute atomic E-state index is 12.6. The molecule has 22 heavy (non-hydrogen) atoms. The third kappa shape index (κ3) is 2.62. The standard InChI is InChI=1S/C15H15N3O3S/c1-11-3-5-13(21-2)14(9-11)22(19,20)17-12-4-6-15-16-7-8-18(15)10-12/h3-10,17H,1-2H3. The second-order valence-corrected chi connectivity index (χ2v) is 6.52. The highest BCUT2D eigenvalue weighted by molar-refractivity contribution is 7.92. The van der Waals surface area contributed by atoms with Crippen molar-refractivity contribution in [2.75, 3.05) is 11.8 Å². The highest BCUT2D eigenvalue weighted by Crippen LogP contribution is 2.26. The summed E-state index contributed by atoms with van der Waals surface area (Å²) >= 11 is 0. The summed E-state index contributed by atoms with van der Waals surface area (Å²) in [6.07, 6.45) is 5.07. The lowest BCUT2D eigenvalue weighted by atomic mass is 10.2. The van der Waals surface area contributed by atoms with Crippen LogP contribution >= 0.6 is 0 Å². The van der Waals surface area contributed by atoms with Crippen LogP contribution in [0.15, 0.2) is 53.8 Å². The minimum absolute atomic E-state index is 0.112. The number of rotatable bonds is 4. The van der Waals surface area contributed by atoms with Gasteiger partial charge in [-0.2, -0.15) is 0 Å². The van der Waals surface area contributed by atoms with E-state index < -0.39 is 10.0 Å². The summed E-state index contributed by atoms with van der Waals surface area (Å²) in [4.78, 5) is 4.23. The Bertz CT molecular complexity index is 932. The molecule has 0 radical (unpaired) electrons. The fourth-order valence-electron chi connectivity index (χ4n) is 2.18. The van der Waals surface area contributed by atoms with E-state index in [1.165, 1.54) is 7.11 Å². The Hall–Kier alpha value is -2.54. The molecule has 0 amide bonds. The number of imidazole rings is 1. The largest absolute Gasteiger partial charge is 0.495 e. The molecule has 1 N–H and O–H groups in total. The number of sulfonamides is 1. The van der Waals surface area contributed by atoms with E-state index in [4.69, 9.17) is 4.74 Å². The van der Waals surface area contributed by atoms with Gasteiger partial charge in [0, 0.05) is 18.6 Å². The lowest BCUT2D eigenvalue weighted by Gasteiger charge is -2.12. The first-order valence-electron chi connectivity index (χ1n) is 6.60. The zero-order chi connectivity index (χ0) is 15.7. The van der Waals surface area contributed by atoms with Crippen LogP contribution in [0.1, 0.15) is 5.56 Å². The quantitative estimate of drug-likeness (QED) is 0.802. The number of methoxy groups -OCH3 is 1. The number of fused-ring (bicyclic) bond motifs is 1. The molecule has 3 rings (SSSR count). The molecule has 0 fully saturated rings. The van der Waals surface area contributed by atoms with E-state index in [2.05, 4.69) is 9.71 Å². The van der Waals surface area contributed by atoms with Gasteiger partial charge in [0.15, 0.2) is 0 Å². The molecule has 114 valence electrons. The van der Waals surface area contributed by atoms with Gasteiger partial charge in [-0.1, -0.05) is 6.07 Å². The van der Waals surface area contributed by atoms with Gasteiger partial charge in [0.05, 0.1) is 12.8 Å². The molecular weight excluding hydrogens is 302 g/mol. The molecule has 0 aliphatic rings. The molecule has 0 saturated heterocycles. The van der Waals surface area contributed by atoms with Crippen LogP contribution < -0.4 is 9.46 Å². The molecule has 0 aliphatic carbocycles. The summed E-state index contributed by atoms with van der Waals surface area (Å²) < 4.78 is 34.6. The lowest BCUT2D eigenvalue weighted by molar-refractivity contribution is 0.402. The molecule has 7 heteroatoms. The third-order valence-corrected chi connectivity index (χ3v) is 4.65. The lowest BCUT2D eigenvalue weighted by Crippen LogP contribution is -2.14. The summed E-state index contributed by atoms with van der Waals surface area (Å²) in [5, 5.41) is 0. The summed E-state index contributed by atoms with van der Waals surface area (Å²) in [5.74, 6) is 0.307. The topological polar surface area (TPSA) is 72.7 Å². The van der Waals surface area contributed by atoms with E-state index >= 15 is 0 Å². The number of hydrogen-bond acceptors (Lipinski definition) is 4. The minimum atomic E-state index is -3.74. The van der Waals surface area contributed by atoms with E-state index in [9.17, 15) is 8.42 Å². The van der Waals surface area contributed by atoms with Gasteiger partial charge in [-0.25, -0.2) is 13.4 Å². The second kappa shape index (κ2) is 5.34. The summed E-state index contributed by atoms with van der Waals surface area (Å²) in [7, 11) is -2.29. The molecule has 0 aliphatic heterocycles. The Morgan fingerprint density at radius 3 is 2.82 bits per heavy atom. The summed E-state index contributed by atoms with van der Waals surface area (Å²) in [5.41, 5.74) is 2.04. The van der Waals surface area contributed by atoms with Crippen molar-refractivity contribution in [2.24, 2.45) is 0 Å². The summed E-state index contributed by atoms with van der Waals surface area (Å²) in [6, 6.07) is 8.43. The fourth-order valence-corrected chi connectivity index (χ4v) is 3.48. The van der Waals surface area contributed by atoms with Crippen LogP contribution in [0, 0.1) is 6.92 Å². The van der Waals surface area contributed by atoms with Gasteiger partial charge in [0.1, 0.15) is 16.3 Å². The Balaban J connectivity index is 2.01. The Kier molecular flexibility index (Phi) is 3.50. The first-order chi connectivity index (χ1) is 10.5. The average molecular weight is 317 g/mol. The second-order valence-electron chi connectivity index (χ2n) is 4.87. The zero-order valence-corrected chi connectivity index (χ0v) is 13.0. The van der Waals surface area contributed by atoms with Crippen molar-refractivity contribution in [3.05, 3.63) is 54.5 Å². The van der Waals surface area contributed by atoms with Crippen molar-refractivity contribution in [1.82, 2.24) is 9.38 Å². The van der Waals surface area contributed by atoms with Crippen LogP contribution in [0.2, 0.25) is 0 Å². The SMILES string of the molecule is COc1ccc(C)cc1S(=O)(=O)Nc1ccc2nccn2c1. The van der Waals surface area contributed by atoms with E-state index in [1.54, 1.807) is 53.3 Å². The van der Waals surface area contributed by atoms with E-state index in [-0.39, 0.29) is 4.90 Å². The first kappa shape index (κ1) is 14.4. The zero-order valence-electron chi connectivity index (χ0n) is 12.1. The van der Waals surface area contributed by atoms with Crippen LogP contribution in [-0.2, 0) is 10.0 Å². The van der Waals surface area contributed by atoms with Gasteiger partial charge < -0.3 is 9.14 Å². The number of nitrogens with zero attached hydrogens (tertiary/aromatic N) is 2. The Morgan fingerprint density at radius 2 is 2.05 bits per heavy atom. The number of pyridine rings is 1. The van der Waals surface area contributed by atoms with Gasteiger partial charge in [0.2, 0.25) is 0 Å². The van der Waals surface area contributed by atoms with Crippen molar-refractivity contribution in [2.45, 2.75) is 11.8 Å². The first-order valence-corrected chi connectivity index (χ1v) is 8.08. The van der Waals surface area contributed by atoms with Crippen LogP contribution in [0.25, 0.3) is 5.65 Å². The Morgan fingerprint density at radius 1 is 1.23 bits per heavy atom. The number of benzene rings is 1. The molecular formula is C15H15N3O3S. The van der Waals surface area contributed by atoms with Gasteiger partial charge >= 0.3 is 0 Å². The molecule has 3 aromatic rings. The van der Waals surface area contributed by atoms with E-state index in [0.29, 0.717) is 11.4 Å². The Labute approximate surface area is 128 Å². The highest BCUT2D eigenvalue weighted by Gasteiger charge is 2.20. The molecule has 0 spiro atoms. The van der Waals surface area contributed by atoms with Crippen LogP contribution in [0.5, 0.6) is 5.75 Å². The monoisotopic (exact) mass is 317 g/mol. The van der Waals surface area contributed by atoms with Crippen molar-refractivity contribution in [3.8, 4) is 5.75 Å². The molecule has 0 atom stereocenters. The summed E-state index contributed by atoms with van der Waals surface area (Å²) in [6.45, 7) is 1.83. The van der Waals surface area contributed by atoms with Crippen molar-refractivity contribution in [3.63, 3.8) is 0 Å². The third-order valence-electron chi connectivity index (χ3n) is 3.25. The number of hydrogen-bond donors (Lipinski definition) is 1. The number of nitrogens with one attached hydrogen (secondary N) is 1. The fraction of sp³-hybridized carbons (Fsp3) is 0.133. The minimum Gasteiger partial charge on any atom is -0.495 e. The van der Waals surface area contributed by atoms with Crippen LogP contribution in [-0.4, -0.2) is 24.9 Å². The maximum atomic E-state index is 12.6. The van der Waals surface area contributed by atoms with Gasteiger partial charge in [-0.3, -0.25) is 4.72 Å². The number of aromatic nitrogens is 2. The van der Waals surface area contributed by atoms with E-state index in [0.717, 1.165) is 11.2 Å². The predicted octanol–water partition coefficient (Wildman–Crippen LogP) is 2.45.